The van der Waals surface area contributed by atoms with E-state index in [1.807, 2.05) is 78.9 Å². The maximum atomic E-state index is 13.2. The van der Waals surface area contributed by atoms with E-state index < -0.39 is 0 Å². The molecule has 0 aliphatic heterocycles. The van der Waals surface area contributed by atoms with Crippen LogP contribution in [-0.2, 0) is 19.6 Å². The summed E-state index contributed by atoms with van der Waals surface area (Å²) in [6.07, 6.45) is 0.868. The predicted octanol–water partition coefficient (Wildman–Crippen LogP) is 6.78. The first kappa shape index (κ1) is 21.0. The van der Waals surface area contributed by atoms with Crippen LogP contribution in [0.4, 0.5) is 5.69 Å². The molecule has 0 unspecified atom stereocenters. The van der Waals surface area contributed by atoms with Gasteiger partial charge in [-0.25, -0.2) is 0 Å². The van der Waals surface area contributed by atoms with Crippen LogP contribution in [-0.4, -0.2) is 10.5 Å². The van der Waals surface area contributed by atoms with Gasteiger partial charge in [-0.15, -0.1) is 11.3 Å². The number of ether oxygens (including phenoxy) is 1. The van der Waals surface area contributed by atoms with Crippen LogP contribution in [0.1, 0.15) is 21.6 Å². The Hall–Kier alpha value is -3.83. The third-order valence-electron chi connectivity index (χ3n) is 5.56. The number of hydrogen-bond donors (Lipinski definition) is 1. The number of carbonyl (C=O) groups is 1. The Morgan fingerprint density at radius 1 is 0.848 bits per heavy atom. The number of para-hydroxylation sites is 1. The number of benzene rings is 3. The fourth-order valence-electron chi connectivity index (χ4n) is 3.91. The summed E-state index contributed by atoms with van der Waals surface area (Å²) in [6.45, 7) is 1.19. The smallest absolute Gasteiger partial charge is 0.272 e. The van der Waals surface area contributed by atoms with E-state index in [0.717, 1.165) is 40.2 Å². The molecule has 5 heteroatoms. The lowest BCUT2D eigenvalue weighted by Gasteiger charge is -2.12. The maximum absolute atomic E-state index is 13.2. The van der Waals surface area contributed by atoms with Gasteiger partial charge in [0.05, 0.1) is 10.2 Å². The number of aryl methyl sites for hydroxylation is 2. The van der Waals surface area contributed by atoms with Crippen molar-refractivity contribution in [3.8, 4) is 5.75 Å². The molecule has 2 aromatic heterocycles. The Labute approximate surface area is 197 Å². The summed E-state index contributed by atoms with van der Waals surface area (Å²) in [4.78, 5) is 13.2. The zero-order chi connectivity index (χ0) is 22.5. The highest BCUT2D eigenvalue weighted by Gasteiger charge is 2.17. The zero-order valence-electron chi connectivity index (χ0n) is 18.1. The molecule has 0 bridgehead atoms. The summed E-state index contributed by atoms with van der Waals surface area (Å²) in [7, 11) is 0. The molecule has 3 aromatic carbocycles. The van der Waals surface area contributed by atoms with Crippen molar-refractivity contribution in [2.75, 3.05) is 5.32 Å². The molecule has 1 N–H and O–H groups in total. The summed E-state index contributed by atoms with van der Waals surface area (Å²) in [5.74, 6) is 0.718. The van der Waals surface area contributed by atoms with Crippen molar-refractivity contribution in [1.82, 2.24) is 4.57 Å². The average Bonchev–Trinajstić information content (AvgIpc) is 3.45. The Balaban J connectivity index is 1.31. The molecule has 0 spiro atoms. The number of anilines is 1. The second-order valence-electron chi connectivity index (χ2n) is 7.84. The minimum absolute atomic E-state index is 0.104. The predicted molar refractivity (Wildman–Crippen MR) is 135 cm³/mol. The number of carbonyl (C=O) groups excluding carboxylic acids is 1. The number of aromatic nitrogens is 1. The van der Waals surface area contributed by atoms with Crippen LogP contribution in [0.2, 0.25) is 0 Å². The molecule has 0 saturated heterocycles. The largest absolute Gasteiger partial charge is 0.489 e. The lowest BCUT2D eigenvalue weighted by Crippen LogP contribution is -2.18. The van der Waals surface area contributed by atoms with E-state index in [0.29, 0.717) is 12.3 Å². The van der Waals surface area contributed by atoms with Gasteiger partial charge in [0.25, 0.3) is 5.91 Å². The van der Waals surface area contributed by atoms with Gasteiger partial charge in [-0.2, -0.15) is 0 Å². The Bertz CT molecular complexity index is 1360. The molecule has 2 heterocycles. The van der Waals surface area contributed by atoms with Crippen molar-refractivity contribution >= 4 is 33.1 Å². The molecule has 164 valence electrons. The minimum atomic E-state index is -0.104. The van der Waals surface area contributed by atoms with E-state index >= 15 is 0 Å². The van der Waals surface area contributed by atoms with Gasteiger partial charge in [0.1, 0.15) is 18.1 Å². The Kier molecular flexibility index (Phi) is 6.22. The van der Waals surface area contributed by atoms with Crippen molar-refractivity contribution < 1.29 is 9.53 Å². The van der Waals surface area contributed by atoms with E-state index in [9.17, 15) is 4.79 Å². The van der Waals surface area contributed by atoms with Gasteiger partial charge >= 0.3 is 0 Å². The lowest BCUT2D eigenvalue weighted by atomic mass is 10.1. The quantitative estimate of drug-likeness (QED) is 0.282. The Morgan fingerprint density at radius 3 is 2.42 bits per heavy atom. The van der Waals surface area contributed by atoms with Gasteiger partial charge in [-0.3, -0.25) is 4.79 Å². The summed E-state index contributed by atoms with van der Waals surface area (Å²) in [5.41, 5.74) is 4.79. The highest BCUT2D eigenvalue weighted by molar-refractivity contribution is 7.17. The topological polar surface area (TPSA) is 43.3 Å². The molecule has 0 aliphatic rings. The summed E-state index contributed by atoms with van der Waals surface area (Å²) < 4.78 is 9.09. The second-order valence-corrected chi connectivity index (χ2v) is 8.79. The molecule has 5 rings (SSSR count). The number of rotatable bonds is 8. The SMILES string of the molecule is O=C(Nc1cccc(COc2ccccc2)c1)c1cc2sccc2n1CCc1ccccc1. The highest BCUT2D eigenvalue weighted by atomic mass is 32.1. The van der Waals surface area contributed by atoms with Gasteiger partial charge in [-0.1, -0.05) is 60.7 Å². The molecule has 0 aliphatic carbocycles. The zero-order valence-corrected chi connectivity index (χ0v) is 18.9. The summed E-state index contributed by atoms with van der Waals surface area (Å²) >= 11 is 1.66. The van der Waals surface area contributed by atoms with Crippen molar-refractivity contribution in [3.63, 3.8) is 0 Å². The number of thiophene rings is 1. The van der Waals surface area contributed by atoms with Gasteiger partial charge in [0, 0.05) is 12.2 Å². The molecular formula is C28H24N2O2S. The summed E-state index contributed by atoms with van der Waals surface area (Å²) in [6, 6.07) is 32.0. The molecule has 0 saturated carbocycles. The molecule has 0 radical (unpaired) electrons. The Morgan fingerprint density at radius 2 is 1.61 bits per heavy atom. The van der Waals surface area contributed by atoms with Crippen LogP contribution in [0.25, 0.3) is 10.2 Å². The van der Waals surface area contributed by atoms with Crippen LogP contribution < -0.4 is 10.1 Å². The molecule has 4 nitrogen and oxygen atoms in total. The fraction of sp³-hybridized carbons (Fsp3) is 0.107. The van der Waals surface area contributed by atoms with Crippen LogP contribution in [0, 0.1) is 0 Å². The van der Waals surface area contributed by atoms with Gasteiger partial charge in [-0.05, 0) is 59.3 Å². The number of fused-ring (bicyclic) bond motifs is 1. The van der Waals surface area contributed by atoms with E-state index in [-0.39, 0.29) is 5.91 Å². The van der Waals surface area contributed by atoms with E-state index in [1.165, 1.54) is 5.56 Å². The normalized spacial score (nSPS) is 10.9. The van der Waals surface area contributed by atoms with Gasteiger partial charge < -0.3 is 14.6 Å². The van der Waals surface area contributed by atoms with Crippen LogP contribution >= 0.6 is 11.3 Å². The van der Waals surface area contributed by atoms with E-state index in [1.54, 1.807) is 11.3 Å². The third-order valence-corrected chi connectivity index (χ3v) is 6.41. The van der Waals surface area contributed by atoms with Crippen LogP contribution in [0.5, 0.6) is 5.75 Å². The van der Waals surface area contributed by atoms with E-state index in [2.05, 4.69) is 33.5 Å². The molecule has 5 aromatic rings. The number of hydrogen-bond acceptors (Lipinski definition) is 3. The molecule has 33 heavy (non-hydrogen) atoms. The van der Waals surface area contributed by atoms with Crippen molar-refractivity contribution in [2.24, 2.45) is 0 Å². The maximum Gasteiger partial charge on any atom is 0.272 e. The van der Waals surface area contributed by atoms with Crippen molar-refractivity contribution in [2.45, 2.75) is 19.6 Å². The minimum Gasteiger partial charge on any atom is -0.489 e. The molecular weight excluding hydrogens is 428 g/mol. The van der Waals surface area contributed by atoms with E-state index in [4.69, 9.17) is 4.74 Å². The first-order chi connectivity index (χ1) is 16.3. The third kappa shape index (κ3) is 4.99. The van der Waals surface area contributed by atoms with Crippen molar-refractivity contribution in [1.29, 1.82) is 0 Å². The first-order valence-electron chi connectivity index (χ1n) is 10.9. The average molecular weight is 453 g/mol. The van der Waals surface area contributed by atoms with Crippen molar-refractivity contribution in [3.05, 3.63) is 119 Å². The number of nitrogens with zero attached hydrogens (tertiary/aromatic N) is 1. The van der Waals surface area contributed by atoms with Gasteiger partial charge in [0.15, 0.2) is 0 Å². The number of amides is 1. The van der Waals surface area contributed by atoms with Gasteiger partial charge in [0.2, 0.25) is 0 Å². The second kappa shape index (κ2) is 9.76. The van der Waals surface area contributed by atoms with Crippen LogP contribution in [0.15, 0.2) is 102 Å². The molecule has 0 fully saturated rings. The lowest BCUT2D eigenvalue weighted by molar-refractivity contribution is 0.101. The summed E-state index contributed by atoms with van der Waals surface area (Å²) in [5, 5.41) is 5.15. The highest BCUT2D eigenvalue weighted by Crippen LogP contribution is 2.26. The fourth-order valence-corrected chi connectivity index (χ4v) is 4.73. The standard InChI is InChI=1S/C28H24N2O2S/c31-28(29-23-11-7-10-22(18-23)20-32-24-12-5-2-6-13-24)26-19-27-25(15-17-33-27)30(26)16-14-21-8-3-1-4-9-21/h1-13,15,17-19H,14,16,20H2,(H,29,31). The first-order valence-corrected chi connectivity index (χ1v) is 11.8. The monoisotopic (exact) mass is 452 g/mol. The molecule has 0 atom stereocenters. The number of nitrogens with one attached hydrogen (secondary N) is 1. The molecule has 1 amide bonds. The van der Waals surface area contributed by atoms with Crippen LogP contribution in [0.3, 0.4) is 0 Å².